The average molecular weight is 784 g/mol. The van der Waals surface area contributed by atoms with Gasteiger partial charge in [-0.1, -0.05) is 85.0 Å². The van der Waals surface area contributed by atoms with Crippen molar-refractivity contribution in [3.05, 3.63) is 0 Å². The van der Waals surface area contributed by atoms with Crippen LogP contribution in [0.5, 0.6) is 0 Å². The van der Waals surface area contributed by atoms with Crippen molar-refractivity contribution >= 4 is 47.6 Å². The number of hydrogen-bond acceptors (Lipinski definition) is 10. The molecule has 0 aromatic heterocycles. The molecule has 1 unspecified atom stereocenters. The summed E-state index contributed by atoms with van der Waals surface area (Å²) in [4.78, 5) is 101. The number of carbonyl (C=O) groups excluding carboxylic acids is 8. The highest BCUT2D eigenvalue weighted by molar-refractivity contribution is 5.96. The molecule has 0 aromatic rings. The Bertz CT molecular complexity index is 1220. The standard InChI is InChI=1S/C38H69N7O10/c1-8-9-10-11-12-13-14-15-16-17-18-19-31(49)43-30(24-47)37(54)41-26(4)34(51)40-23-32(50)45(7)33(28(6)48)38(55)42-27(5)35(52)44-29(22-25(2)3)36(53)39-20-21-46/h21,25-30,33,47-48H,8-20,22-24H2,1-7H3,(H,39,53)(H,40,51)(H,41,54)(H,42,55)(H,43,49)(H,44,52)/t26-,27+,28?,29+,30-,33+/m1/s1. The van der Waals surface area contributed by atoms with Gasteiger partial charge < -0.3 is 51.8 Å². The fourth-order valence-corrected chi connectivity index (χ4v) is 5.73. The molecule has 8 N–H and O–H groups in total. The number of likely N-dealkylation sites (N-methyl/N-ethyl adjacent to an activating group) is 1. The lowest BCUT2D eigenvalue weighted by Gasteiger charge is -2.31. The molecular weight excluding hydrogens is 714 g/mol. The van der Waals surface area contributed by atoms with Gasteiger partial charge in [-0.15, -0.1) is 0 Å². The van der Waals surface area contributed by atoms with E-state index in [0.717, 1.165) is 24.2 Å². The van der Waals surface area contributed by atoms with Gasteiger partial charge in [0.05, 0.1) is 25.8 Å². The number of carbonyl (C=O) groups is 8. The van der Waals surface area contributed by atoms with Crippen molar-refractivity contribution < 1.29 is 48.6 Å². The van der Waals surface area contributed by atoms with E-state index in [2.05, 4.69) is 38.8 Å². The van der Waals surface area contributed by atoms with Gasteiger partial charge in [0, 0.05) is 13.5 Å². The lowest BCUT2D eigenvalue weighted by Crippen LogP contribution is -2.59. The molecule has 0 aliphatic carbocycles. The van der Waals surface area contributed by atoms with E-state index in [1.54, 1.807) is 0 Å². The number of nitrogens with one attached hydrogen (secondary N) is 6. The molecule has 0 radical (unpaired) electrons. The first-order chi connectivity index (χ1) is 26.0. The van der Waals surface area contributed by atoms with Gasteiger partial charge in [-0.05, 0) is 39.5 Å². The average Bonchev–Trinajstić information content (AvgIpc) is 3.12. The van der Waals surface area contributed by atoms with Crippen LogP contribution in [0.3, 0.4) is 0 Å². The van der Waals surface area contributed by atoms with Crippen molar-refractivity contribution in [1.82, 2.24) is 36.8 Å². The zero-order valence-corrected chi connectivity index (χ0v) is 34.0. The molecule has 17 heteroatoms. The van der Waals surface area contributed by atoms with Gasteiger partial charge in [0.15, 0.2) is 0 Å². The van der Waals surface area contributed by atoms with Crippen molar-refractivity contribution in [2.24, 2.45) is 5.92 Å². The summed E-state index contributed by atoms with van der Waals surface area (Å²) in [5.41, 5.74) is 0. The summed E-state index contributed by atoms with van der Waals surface area (Å²) in [6.45, 7) is 8.30. The number of hydrogen-bond donors (Lipinski definition) is 8. The fourth-order valence-electron chi connectivity index (χ4n) is 5.73. The molecular formula is C38H69N7O10. The third-order valence-electron chi connectivity index (χ3n) is 9.00. The maximum absolute atomic E-state index is 13.1. The zero-order valence-electron chi connectivity index (χ0n) is 34.0. The highest BCUT2D eigenvalue weighted by atomic mass is 16.3. The minimum atomic E-state index is -1.47. The molecule has 316 valence electrons. The van der Waals surface area contributed by atoms with Gasteiger partial charge in [0.25, 0.3) is 0 Å². The molecule has 0 aliphatic rings. The molecule has 0 heterocycles. The fraction of sp³-hybridized carbons (Fsp3) is 0.789. The molecule has 0 aliphatic heterocycles. The van der Waals surface area contributed by atoms with Gasteiger partial charge in [0.2, 0.25) is 41.4 Å². The molecule has 0 saturated heterocycles. The number of nitrogens with zero attached hydrogens (tertiary/aromatic N) is 1. The smallest absolute Gasteiger partial charge is 0.246 e. The predicted molar refractivity (Wildman–Crippen MR) is 207 cm³/mol. The highest BCUT2D eigenvalue weighted by Crippen LogP contribution is 2.12. The first-order valence-electron chi connectivity index (χ1n) is 19.7. The van der Waals surface area contributed by atoms with E-state index in [-0.39, 0.29) is 25.3 Å². The minimum Gasteiger partial charge on any atom is -0.394 e. The van der Waals surface area contributed by atoms with Crippen LogP contribution in [0.2, 0.25) is 0 Å². The summed E-state index contributed by atoms with van der Waals surface area (Å²) in [6.07, 6.45) is 12.0. The van der Waals surface area contributed by atoms with Gasteiger partial charge in [-0.3, -0.25) is 33.6 Å². The Morgan fingerprint density at radius 3 is 1.67 bits per heavy atom. The Morgan fingerprint density at radius 1 is 0.636 bits per heavy atom. The summed E-state index contributed by atoms with van der Waals surface area (Å²) in [5, 5.41) is 34.7. The molecule has 0 spiro atoms. The van der Waals surface area contributed by atoms with Gasteiger partial charge >= 0.3 is 0 Å². The van der Waals surface area contributed by atoms with Crippen molar-refractivity contribution in [3.63, 3.8) is 0 Å². The van der Waals surface area contributed by atoms with E-state index in [1.807, 2.05) is 13.8 Å². The maximum Gasteiger partial charge on any atom is 0.246 e. The Balaban J connectivity index is 4.90. The van der Waals surface area contributed by atoms with Crippen LogP contribution in [-0.4, -0.2) is 126 Å². The van der Waals surface area contributed by atoms with E-state index < -0.39 is 90.8 Å². The van der Waals surface area contributed by atoms with Crippen LogP contribution in [0.25, 0.3) is 0 Å². The first-order valence-corrected chi connectivity index (χ1v) is 19.7. The first kappa shape index (κ1) is 50.9. The number of amides is 7. The van der Waals surface area contributed by atoms with Crippen molar-refractivity contribution in [2.75, 3.05) is 26.7 Å². The topological polar surface area (TPSA) is 252 Å². The number of aliphatic hydroxyl groups excluding tert-OH is 2. The monoisotopic (exact) mass is 784 g/mol. The molecule has 55 heavy (non-hydrogen) atoms. The van der Waals surface area contributed by atoms with Crippen LogP contribution < -0.4 is 31.9 Å². The third-order valence-corrected chi connectivity index (χ3v) is 9.00. The summed E-state index contributed by atoms with van der Waals surface area (Å²) in [5.74, 6) is -4.89. The summed E-state index contributed by atoms with van der Waals surface area (Å²) < 4.78 is 0. The van der Waals surface area contributed by atoms with Crippen molar-refractivity contribution in [3.8, 4) is 0 Å². The van der Waals surface area contributed by atoms with Crippen LogP contribution in [0, 0.1) is 5.92 Å². The largest absolute Gasteiger partial charge is 0.394 e. The van der Waals surface area contributed by atoms with Crippen LogP contribution in [0.4, 0.5) is 0 Å². The van der Waals surface area contributed by atoms with E-state index in [0.29, 0.717) is 12.7 Å². The second-order valence-corrected chi connectivity index (χ2v) is 14.6. The van der Waals surface area contributed by atoms with Crippen LogP contribution in [0.15, 0.2) is 0 Å². The SMILES string of the molecule is CCCCCCCCCCCCCC(=O)N[C@H](CO)C(=O)N[C@H](C)C(=O)NCC(=O)N(C)[C@H](C(=O)N[C@@H](C)C(=O)N[C@@H](CC(C)C)C(=O)NCC=O)C(C)O. The van der Waals surface area contributed by atoms with Gasteiger partial charge in [-0.2, -0.15) is 0 Å². The number of aldehydes is 1. The summed E-state index contributed by atoms with van der Waals surface area (Å²) in [7, 11) is 1.22. The van der Waals surface area contributed by atoms with E-state index in [9.17, 15) is 48.6 Å². The van der Waals surface area contributed by atoms with Crippen LogP contribution in [-0.2, 0) is 38.4 Å². The number of rotatable bonds is 30. The predicted octanol–water partition coefficient (Wildman–Crippen LogP) is 0.344. The van der Waals surface area contributed by atoms with Crippen molar-refractivity contribution in [2.45, 2.75) is 161 Å². The van der Waals surface area contributed by atoms with E-state index in [1.165, 1.54) is 72.8 Å². The maximum atomic E-state index is 13.1. The van der Waals surface area contributed by atoms with Crippen molar-refractivity contribution in [1.29, 1.82) is 0 Å². The zero-order chi connectivity index (χ0) is 41.9. The molecule has 0 rings (SSSR count). The lowest BCUT2D eigenvalue weighted by atomic mass is 10.0. The Morgan fingerprint density at radius 2 is 1.16 bits per heavy atom. The lowest BCUT2D eigenvalue weighted by molar-refractivity contribution is -0.144. The van der Waals surface area contributed by atoms with Crippen LogP contribution in [0.1, 0.15) is 125 Å². The number of unbranched alkanes of at least 4 members (excludes halogenated alkanes) is 10. The number of aliphatic hydroxyl groups is 2. The Labute approximate surface area is 326 Å². The van der Waals surface area contributed by atoms with E-state index in [4.69, 9.17) is 0 Å². The normalized spacial score (nSPS) is 14.3. The van der Waals surface area contributed by atoms with E-state index >= 15 is 0 Å². The molecule has 0 bridgehead atoms. The molecule has 17 nitrogen and oxygen atoms in total. The summed E-state index contributed by atoms with van der Waals surface area (Å²) >= 11 is 0. The molecule has 7 amide bonds. The molecule has 6 atom stereocenters. The molecule has 0 aromatic carbocycles. The molecule has 0 saturated carbocycles. The second-order valence-electron chi connectivity index (χ2n) is 14.6. The Kier molecular flexibility index (Phi) is 27.0. The third kappa shape index (κ3) is 22.1. The highest BCUT2D eigenvalue weighted by Gasteiger charge is 2.34. The van der Waals surface area contributed by atoms with Crippen LogP contribution >= 0.6 is 0 Å². The quantitative estimate of drug-likeness (QED) is 0.0367. The second kappa shape index (κ2) is 29.2. The van der Waals surface area contributed by atoms with Gasteiger partial charge in [0.1, 0.15) is 36.5 Å². The minimum absolute atomic E-state index is 0.00938. The molecule has 0 fully saturated rings. The summed E-state index contributed by atoms with van der Waals surface area (Å²) in [6, 6.07) is -6.08. The van der Waals surface area contributed by atoms with Gasteiger partial charge in [-0.25, -0.2) is 0 Å². The Hall–Kier alpha value is -4.12.